The van der Waals surface area contributed by atoms with Gasteiger partial charge in [0.25, 0.3) is 0 Å². The van der Waals surface area contributed by atoms with Crippen LogP contribution in [0.2, 0.25) is 0 Å². The van der Waals surface area contributed by atoms with Gasteiger partial charge in [-0.05, 0) is 50.0 Å². The molecule has 100 valence electrons. The fourth-order valence-corrected chi connectivity index (χ4v) is 3.66. The van der Waals surface area contributed by atoms with Crippen LogP contribution in [0.3, 0.4) is 0 Å². The predicted molar refractivity (Wildman–Crippen MR) is 71.1 cm³/mol. The molecule has 0 amide bonds. The van der Waals surface area contributed by atoms with Crippen molar-refractivity contribution in [1.29, 1.82) is 0 Å². The minimum atomic E-state index is 0.462. The smallest absolute Gasteiger partial charge is 0.0759 e. The molecule has 3 atom stereocenters. The fraction of sp³-hybridized carbons (Fsp3) is 0.857. The van der Waals surface area contributed by atoms with Crippen LogP contribution >= 0.6 is 0 Å². The first-order chi connectivity index (χ1) is 8.83. The lowest BCUT2D eigenvalue weighted by Crippen LogP contribution is -2.30. The van der Waals surface area contributed by atoms with Gasteiger partial charge in [0, 0.05) is 6.54 Å². The molecule has 0 aliphatic heterocycles. The van der Waals surface area contributed by atoms with Gasteiger partial charge < -0.3 is 5.32 Å². The third kappa shape index (κ3) is 2.18. The lowest BCUT2D eigenvalue weighted by Gasteiger charge is -2.25. The topological polar surface area (TPSA) is 42.7 Å². The van der Waals surface area contributed by atoms with Gasteiger partial charge in [0.1, 0.15) is 0 Å². The summed E-state index contributed by atoms with van der Waals surface area (Å²) in [6.07, 6.45) is 7.37. The van der Waals surface area contributed by atoms with Crippen LogP contribution < -0.4 is 5.32 Å². The Bertz CT molecular complexity index is 390. The molecule has 3 unspecified atom stereocenters. The van der Waals surface area contributed by atoms with Crippen molar-refractivity contribution in [2.75, 3.05) is 6.54 Å². The molecule has 0 saturated heterocycles. The van der Waals surface area contributed by atoms with Gasteiger partial charge in [-0.2, -0.15) is 0 Å². The van der Waals surface area contributed by atoms with E-state index in [2.05, 4.69) is 34.2 Å². The van der Waals surface area contributed by atoms with Crippen molar-refractivity contribution in [3.8, 4) is 0 Å². The summed E-state index contributed by atoms with van der Waals surface area (Å²) in [5, 5.41) is 12.0. The molecule has 1 aromatic heterocycles. The van der Waals surface area contributed by atoms with Crippen LogP contribution in [0.25, 0.3) is 0 Å². The predicted octanol–water partition coefficient (Wildman–Crippen LogP) is 2.38. The first-order valence-corrected chi connectivity index (χ1v) is 7.45. The van der Waals surface area contributed by atoms with Crippen LogP contribution in [-0.4, -0.2) is 21.5 Å². The second kappa shape index (κ2) is 5.00. The second-order valence-corrected chi connectivity index (χ2v) is 5.90. The normalized spacial score (nSPS) is 31.3. The molecule has 2 aliphatic carbocycles. The van der Waals surface area contributed by atoms with E-state index in [4.69, 9.17) is 0 Å². The number of rotatable bonds is 6. The van der Waals surface area contributed by atoms with E-state index in [0.717, 1.165) is 37.3 Å². The van der Waals surface area contributed by atoms with E-state index in [1.54, 1.807) is 0 Å². The van der Waals surface area contributed by atoms with E-state index >= 15 is 0 Å². The highest BCUT2D eigenvalue weighted by molar-refractivity contribution is 5.09. The number of aryl methyl sites for hydroxylation is 1. The maximum Gasteiger partial charge on any atom is 0.0759 e. The lowest BCUT2D eigenvalue weighted by molar-refractivity contribution is 0.326. The maximum atomic E-state index is 4.24. The maximum absolute atomic E-state index is 4.24. The van der Waals surface area contributed by atoms with Crippen molar-refractivity contribution >= 4 is 0 Å². The fourth-order valence-electron chi connectivity index (χ4n) is 3.66. The summed E-state index contributed by atoms with van der Waals surface area (Å²) in [5.74, 6) is 2.86. The molecule has 2 fully saturated rings. The molecule has 2 saturated carbocycles. The van der Waals surface area contributed by atoms with Gasteiger partial charge in [-0.25, -0.2) is 4.68 Å². The quantitative estimate of drug-likeness (QED) is 0.840. The number of aromatic nitrogens is 3. The first-order valence-electron chi connectivity index (χ1n) is 7.45. The van der Waals surface area contributed by atoms with Crippen LogP contribution in [0.4, 0.5) is 0 Å². The molecule has 0 radical (unpaired) electrons. The number of hydrogen-bond donors (Lipinski definition) is 1. The largest absolute Gasteiger partial charge is 0.309 e. The molecule has 3 rings (SSSR count). The minimum Gasteiger partial charge on any atom is -0.309 e. The standard InChI is InChI=1S/C14H24N4/c1-3-5-18-13(9-16-17-18)14(15-4-2)12-7-10-6-11(10)8-12/h9-12,14-15H,3-8H2,1-2H3. The van der Waals surface area contributed by atoms with Crippen LogP contribution in [0, 0.1) is 17.8 Å². The number of nitrogens with one attached hydrogen (secondary N) is 1. The molecule has 1 heterocycles. The molecular weight excluding hydrogens is 224 g/mol. The van der Waals surface area contributed by atoms with E-state index < -0.39 is 0 Å². The number of hydrogen-bond acceptors (Lipinski definition) is 3. The Balaban J connectivity index is 1.77. The van der Waals surface area contributed by atoms with Gasteiger partial charge in [-0.3, -0.25) is 0 Å². The van der Waals surface area contributed by atoms with Crippen molar-refractivity contribution in [2.45, 2.75) is 52.1 Å². The Morgan fingerprint density at radius 3 is 2.78 bits per heavy atom. The summed E-state index contributed by atoms with van der Waals surface area (Å²) < 4.78 is 2.09. The summed E-state index contributed by atoms with van der Waals surface area (Å²) in [4.78, 5) is 0. The molecule has 18 heavy (non-hydrogen) atoms. The highest BCUT2D eigenvalue weighted by atomic mass is 15.4. The average Bonchev–Trinajstić information content (AvgIpc) is 2.78. The van der Waals surface area contributed by atoms with Gasteiger partial charge in [-0.1, -0.05) is 19.1 Å². The monoisotopic (exact) mass is 248 g/mol. The van der Waals surface area contributed by atoms with Crippen LogP contribution in [-0.2, 0) is 6.54 Å². The minimum absolute atomic E-state index is 0.462. The first kappa shape index (κ1) is 12.2. The Morgan fingerprint density at radius 2 is 2.11 bits per heavy atom. The van der Waals surface area contributed by atoms with Crippen molar-refractivity contribution < 1.29 is 0 Å². The third-order valence-electron chi connectivity index (χ3n) is 4.58. The summed E-state index contributed by atoms with van der Waals surface area (Å²) >= 11 is 0. The molecule has 4 nitrogen and oxygen atoms in total. The van der Waals surface area contributed by atoms with E-state index in [1.807, 2.05) is 6.20 Å². The highest BCUT2D eigenvalue weighted by Gasteiger charge is 2.48. The second-order valence-electron chi connectivity index (χ2n) is 5.90. The highest BCUT2D eigenvalue weighted by Crippen LogP contribution is 2.57. The Morgan fingerprint density at radius 1 is 1.33 bits per heavy atom. The molecular formula is C14H24N4. The van der Waals surface area contributed by atoms with Gasteiger partial charge in [0.15, 0.2) is 0 Å². The molecule has 0 bridgehead atoms. The van der Waals surface area contributed by atoms with Crippen molar-refractivity contribution in [3.05, 3.63) is 11.9 Å². The number of nitrogens with zero attached hydrogens (tertiary/aromatic N) is 3. The van der Waals surface area contributed by atoms with E-state index in [9.17, 15) is 0 Å². The van der Waals surface area contributed by atoms with Crippen molar-refractivity contribution in [3.63, 3.8) is 0 Å². The van der Waals surface area contributed by atoms with E-state index in [1.165, 1.54) is 25.0 Å². The van der Waals surface area contributed by atoms with Gasteiger partial charge >= 0.3 is 0 Å². The van der Waals surface area contributed by atoms with Crippen LogP contribution in [0.1, 0.15) is 51.3 Å². The van der Waals surface area contributed by atoms with Crippen LogP contribution in [0.5, 0.6) is 0 Å². The zero-order chi connectivity index (χ0) is 12.5. The summed E-state index contributed by atoms with van der Waals surface area (Å²) in [5.41, 5.74) is 1.30. The van der Waals surface area contributed by atoms with Crippen LogP contribution in [0.15, 0.2) is 6.20 Å². The zero-order valence-electron chi connectivity index (χ0n) is 11.5. The molecule has 0 aromatic carbocycles. The molecule has 1 N–H and O–H groups in total. The summed E-state index contributed by atoms with van der Waals surface area (Å²) in [7, 11) is 0. The Hall–Kier alpha value is -0.900. The van der Waals surface area contributed by atoms with Gasteiger partial charge in [0.2, 0.25) is 0 Å². The third-order valence-corrected chi connectivity index (χ3v) is 4.58. The lowest BCUT2D eigenvalue weighted by atomic mass is 9.92. The molecule has 0 spiro atoms. The van der Waals surface area contributed by atoms with Gasteiger partial charge in [0.05, 0.1) is 17.9 Å². The summed E-state index contributed by atoms with van der Waals surface area (Å²) in [6, 6.07) is 0.462. The zero-order valence-corrected chi connectivity index (χ0v) is 11.5. The molecule has 2 aliphatic rings. The Kier molecular flexibility index (Phi) is 3.37. The van der Waals surface area contributed by atoms with E-state index in [0.29, 0.717) is 6.04 Å². The Labute approximate surface area is 109 Å². The van der Waals surface area contributed by atoms with E-state index in [-0.39, 0.29) is 0 Å². The molecule has 4 heteroatoms. The summed E-state index contributed by atoms with van der Waals surface area (Å²) in [6.45, 7) is 6.39. The van der Waals surface area contributed by atoms with Crippen molar-refractivity contribution in [1.82, 2.24) is 20.3 Å². The van der Waals surface area contributed by atoms with Crippen molar-refractivity contribution in [2.24, 2.45) is 17.8 Å². The molecule has 1 aromatic rings. The SMILES string of the molecule is CCCn1nncc1C(NCC)C1CC2CC2C1. The average molecular weight is 248 g/mol. The van der Waals surface area contributed by atoms with Gasteiger partial charge in [-0.15, -0.1) is 5.10 Å². The number of fused-ring (bicyclic) bond motifs is 1.